The van der Waals surface area contributed by atoms with Crippen molar-refractivity contribution in [2.24, 2.45) is 5.41 Å². The molecule has 0 spiro atoms. The molecule has 0 aromatic heterocycles. The SMILES string of the molecule is CC(C(=O)N1CCc2ccccc21)N(C)CC(C)(CO)CO. The second-order valence-corrected chi connectivity index (χ2v) is 6.59. The van der Waals surface area contributed by atoms with Crippen molar-refractivity contribution in [3.63, 3.8) is 0 Å². The molecular weight excluding hydrogens is 280 g/mol. The Kier molecular flexibility index (Phi) is 5.21. The molecule has 0 aliphatic carbocycles. The smallest absolute Gasteiger partial charge is 0.244 e. The fourth-order valence-corrected chi connectivity index (χ4v) is 2.87. The van der Waals surface area contributed by atoms with E-state index in [1.54, 1.807) is 0 Å². The summed E-state index contributed by atoms with van der Waals surface area (Å²) in [6.07, 6.45) is 0.892. The molecule has 0 saturated heterocycles. The Bertz CT molecular complexity index is 528. The largest absolute Gasteiger partial charge is 0.396 e. The standard InChI is InChI=1S/C17H26N2O3/c1-13(18(3)10-17(2,11-20)12-21)16(22)19-9-8-14-6-4-5-7-15(14)19/h4-7,13,20-21H,8-12H2,1-3H3. The molecule has 0 bridgehead atoms. The average Bonchev–Trinajstić information content (AvgIpc) is 2.97. The van der Waals surface area contributed by atoms with E-state index < -0.39 is 5.41 Å². The number of carbonyl (C=O) groups excluding carboxylic acids is 1. The number of anilines is 1. The molecule has 2 rings (SSSR count). The second kappa shape index (κ2) is 6.77. The van der Waals surface area contributed by atoms with E-state index in [1.807, 2.05) is 48.9 Å². The van der Waals surface area contributed by atoms with Gasteiger partial charge in [0.25, 0.3) is 0 Å². The Labute approximate surface area is 132 Å². The zero-order valence-corrected chi connectivity index (χ0v) is 13.6. The summed E-state index contributed by atoms with van der Waals surface area (Å²) < 4.78 is 0. The van der Waals surface area contributed by atoms with Crippen molar-refractivity contribution < 1.29 is 15.0 Å². The lowest BCUT2D eigenvalue weighted by atomic mass is 9.92. The maximum atomic E-state index is 12.8. The van der Waals surface area contributed by atoms with Crippen LogP contribution in [0.3, 0.4) is 0 Å². The number of aliphatic hydroxyl groups is 2. The molecule has 0 fully saturated rings. The zero-order chi connectivity index (χ0) is 16.3. The number of carbonyl (C=O) groups is 1. The zero-order valence-electron chi connectivity index (χ0n) is 13.6. The number of hydrogen-bond acceptors (Lipinski definition) is 4. The van der Waals surface area contributed by atoms with Crippen molar-refractivity contribution >= 4 is 11.6 Å². The van der Waals surface area contributed by atoms with E-state index in [4.69, 9.17) is 0 Å². The number of benzene rings is 1. The number of hydrogen-bond donors (Lipinski definition) is 2. The van der Waals surface area contributed by atoms with E-state index in [1.165, 1.54) is 5.56 Å². The molecule has 1 unspecified atom stereocenters. The summed E-state index contributed by atoms with van der Waals surface area (Å²) in [6, 6.07) is 7.69. The molecular formula is C17H26N2O3. The lowest BCUT2D eigenvalue weighted by molar-refractivity contribution is -0.123. The van der Waals surface area contributed by atoms with Gasteiger partial charge in [-0.15, -0.1) is 0 Å². The number of likely N-dealkylation sites (N-methyl/N-ethyl adjacent to an activating group) is 1. The molecule has 2 N–H and O–H groups in total. The number of amides is 1. The molecule has 1 aromatic carbocycles. The van der Waals surface area contributed by atoms with E-state index in [9.17, 15) is 15.0 Å². The topological polar surface area (TPSA) is 64.0 Å². The van der Waals surface area contributed by atoms with Gasteiger partial charge in [0.1, 0.15) is 0 Å². The van der Waals surface area contributed by atoms with Crippen LogP contribution in [0.2, 0.25) is 0 Å². The first kappa shape index (κ1) is 16.9. The summed E-state index contributed by atoms with van der Waals surface area (Å²) in [7, 11) is 1.86. The molecule has 1 aromatic rings. The van der Waals surface area contributed by atoms with Gasteiger partial charge in [0.05, 0.1) is 19.3 Å². The highest BCUT2D eigenvalue weighted by Crippen LogP contribution is 2.28. The molecule has 22 heavy (non-hydrogen) atoms. The van der Waals surface area contributed by atoms with Crippen molar-refractivity contribution in [1.29, 1.82) is 0 Å². The highest BCUT2D eigenvalue weighted by molar-refractivity contribution is 5.98. The predicted octanol–water partition coefficient (Wildman–Crippen LogP) is 0.887. The molecule has 122 valence electrons. The molecule has 1 aliphatic heterocycles. The summed E-state index contributed by atoms with van der Waals surface area (Å²) in [5, 5.41) is 18.8. The maximum absolute atomic E-state index is 12.8. The highest BCUT2D eigenvalue weighted by atomic mass is 16.3. The Morgan fingerprint density at radius 2 is 2.00 bits per heavy atom. The molecule has 1 atom stereocenters. The summed E-state index contributed by atoms with van der Waals surface area (Å²) in [4.78, 5) is 16.5. The minimum absolute atomic E-state index is 0.0608. The number of rotatable bonds is 6. The van der Waals surface area contributed by atoms with Gasteiger partial charge in [-0.05, 0) is 32.0 Å². The van der Waals surface area contributed by atoms with E-state index in [2.05, 4.69) is 6.07 Å². The summed E-state index contributed by atoms with van der Waals surface area (Å²) in [5.41, 5.74) is 1.60. The first-order chi connectivity index (χ1) is 10.4. The second-order valence-electron chi connectivity index (χ2n) is 6.59. The van der Waals surface area contributed by atoms with E-state index >= 15 is 0 Å². The third-order valence-corrected chi connectivity index (χ3v) is 4.57. The van der Waals surface area contributed by atoms with E-state index in [0.717, 1.165) is 12.1 Å². The lowest BCUT2D eigenvalue weighted by Gasteiger charge is -2.34. The van der Waals surface area contributed by atoms with Crippen LogP contribution in [0, 0.1) is 5.41 Å². The first-order valence-corrected chi connectivity index (χ1v) is 7.73. The van der Waals surface area contributed by atoms with Crippen LogP contribution in [0.5, 0.6) is 0 Å². The van der Waals surface area contributed by atoms with Crippen LogP contribution in [-0.4, -0.2) is 60.4 Å². The summed E-state index contributed by atoms with van der Waals surface area (Å²) in [6.45, 7) is 4.64. The molecule has 1 aliphatic rings. The van der Waals surface area contributed by atoms with Gasteiger partial charge in [-0.2, -0.15) is 0 Å². The molecule has 5 heteroatoms. The van der Waals surface area contributed by atoms with Crippen LogP contribution in [0.15, 0.2) is 24.3 Å². The summed E-state index contributed by atoms with van der Waals surface area (Å²) in [5.74, 6) is 0.0608. The summed E-state index contributed by atoms with van der Waals surface area (Å²) >= 11 is 0. The van der Waals surface area contributed by atoms with Crippen LogP contribution < -0.4 is 4.90 Å². The Morgan fingerprint density at radius 1 is 1.36 bits per heavy atom. The van der Waals surface area contributed by atoms with Gasteiger partial charge in [-0.1, -0.05) is 25.1 Å². The Balaban J connectivity index is 2.07. The minimum Gasteiger partial charge on any atom is -0.396 e. The number of fused-ring (bicyclic) bond motifs is 1. The molecule has 1 amide bonds. The molecule has 0 radical (unpaired) electrons. The maximum Gasteiger partial charge on any atom is 0.244 e. The van der Waals surface area contributed by atoms with Crippen LogP contribution in [0.25, 0.3) is 0 Å². The van der Waals surface area contributed by atoms with Crippen molar-refractivity contribution in [2.75, 3.05) is 38.3 Å². The molecule has 0 saturated carbocycles. The lowest BCUT2D eigenvalue weighted by Crippen LogP contribution is -2.49. The van der Waals surface area contributed by atoms with Crippen molar-refractivity contribution in [1.82, 2.24) is 4.90 Å². The fourth-order valence-electron chi connectivity index (χ4n) is 2.87. The van der Waals surface area contributed by atoms with Gasteiger partial charge in [0, 0.05) is 24.2 Å². The first-order valence-electron chi connectivity index (χ1n) is 7.73. The molecule has 5 nitrogen and oxygen atoms in total. The Hall–Kier alpha value is -1.43. The number of aliphatic hydroxyl groups excluding tert-OH is 2. The average molecular weight is 306 g/mol. The molecule has 1 heterocycles. The van der Waals surface area contributed by atoms with Crippen LogP contribution in [-0.2, 0) is 11.2 Å². The van der Waals surface area contributed by atoms with Crippen molar-refractivity contribution in [2.45, 2.75) is 26.3 Å². The normalized spacial score (nSPS) is 16.0. The van der Waals surface area contributed by atoms with Gasteiger partial charge in [0.15, 0.2) is 0 Å². The van der Waals surface area contributed by atoms with Gasteiger partial charge < -0.3 is 15.1 Å². The van der Waals surface area contributed by atoms with E-state index in [-0.39, 0.29) is 25.2 Å². The third kappa shape index (κ3) is 3.32. The van der Waals surface area contributed by atoms with Gasteiger partial charge in [-0.25, -0.2) is 0 Å². The minimum atomic E-state index is -0.605. The van der Waals surface area contributed by atoms with Crippen LogP contribution in [0.4, 0.5) is 5.69 Å². The monoisotopic (exact) mass is 306 g/mol. The van der Waals surface area contributed by atoms with Gasteiger partial charge in [0.2, 0.25) is 5.91 Å². The van der Waals surface area contributed by atoms with Gasteiger partial charge >= 0.3 is 0 Å². The predicted molar refractivity (Wildman–Crippen MR) is 86.9 cm³/mol. The van der Waals surface area contributed by atoms with Crippen LogP contribution in [0.1, 0.15) is 19.4 Å². The number of para-hydroxylation sites is 1. The number of nitrogens with zero attached hydrogens (tertiary/aromatic N) is 2. The van der Waals surface area contributed by atoms with Crippen LogP contribution >= 0.6 is 0 Å². The van der Waals surface area contributed by atoms with E-state index in [0.29, 0.717) is 13.1 Å². The quantitative estimate of drug-likeness (QED) is 0.819. The third-order valence-electron chi connectivity index (χ3n) is 4.57. The van der Waals surface area contributed by atoms with Crippen molar-refractivity contribution in [3.8, 4) is 0 Å². The fraction of sp³-hybridized carbons (Fsp3) is 0.588. The van der Waals surface area contributed by atoms with Crippen molar-refractivity contribution in [3.05, 3.63) is 29.8 Å². The van der Waals surface area contributed by atoms with Gasteiger partial charge in [-0.3, -0.25) is 9.69 Å². The highest BCUT2D eigenvalue weighted by Gasteiger charge is 2.32. The Morgan fingerprint density at radius 3 is 2.64 bits per heavy atom.